The number of carbonyl (C=O) groups is 1. The Kier molecular flexibility index (Phi) is 4.95. The number of halogens is 1. The number of nitrogens with one attached hydrogen (secondary N) is 1. The Bertz CT molecular complexity index is 555. The summed E-state index contributed by atoms with van der Waals surface area (Å²) in [6.45, 7) is 0.927. The second-order valence-corrected chi connectivity index (χ2v) is 7.37. The van der Waals surface area contributed by atoms with Gasteiger partial charge in [0.05, 0.1) is 6.04 Å². The molecule has 1 saturated heterocycles. The summed E-state index contributed by atoms with van der Waals surface area (Å²) < 4.78 is 0. The molecule has 4 nitrogen and oxygen atoms in total. The number of amides is 1. The van der Waals surface area contributed by atoms with Crippen LogP contribution in [0.2, 0.25) is 5.02 Å². The van der Waals surface area contributed by atoms with Crippen LogP contribution >= 0.6 is 11.6 Å². The standard InChI is InChI=1S/C18H25ClN2O2/c1-21-12-9-15(16(21)13-5-7-14(19)8-6-13)20-17(22)18(23)10-3-2-4-11-18/h5-8,15-16,23H,2-4,9-12H2,1H3,(H,20,22). The molecular formula is C18H25ClN2O2. The smallest absolute Gasteiger partial charge is 0.252 e. The van der Waals surface area contributed by atoms with E-state index >= 15 is 0 Å². The summed E-state index contributed by atoms with van der Waals surface area (Å²) in [4.78, 5) is 14.9. The van der Waals surface area contributed by atoms with Crippen LogP contribution in [0.25, 0.3) is 0 Å². The quantitative estimate of drug-likeness (QED) is 0.892. The highest BCUT2D eigenvalue weighted by Gasteiger charge is 2.41. The molecule has 0 aromatic heterocycles. The van der Waals surface area contributed by atoms with E-state index in [2.05, 4.69) is 17.3 Å². The predicted octanol–water partition coefficient (Wildman–Crippen LogP) is 2.90. The summed E-state index contributed by atoms with van der Waals surface area (Å²) in [6, 6.07) is 7.96. The fraction of sp³-hybridized carbons (Fsp3) is 0.611. The van der Waals surface area contributed by atoms with Gasteiger partial charge >= 0.3 is 0 Å². The second-order valence-electron chi connectivity index (χ2n) is 6.94. The highest BCUT2D eigenvalue weighted by molar-refractivity contribution is 6.30. The Morgan fingerprint density at radius 3 is 2.57 bits per heavy atom. The average Bonchev–Trinajstić information content (AvgIpc) is 2.90. The van der Waals surface area contributed by atoms with E-state index in [9.17, 15) is 9.90 Å². The highest BCUT2D eigenvalue weighted by Crippen LogP contribution is 2.33. The lowest BCUT2D eigenvalue weighted by Gasteiger charge is -2.33. The largest absolute Gasteiger partial charge is 0.380 e. The van der Waals surface area contributed by atoms with Crippen molar-refractivity contribution in [2.24, 2.45) is 0 Å². The van der Waals surface area contributed by atoms with Gasteiger partial charge in [-0.3, -0.25) is 9.69 Å². The second kappa shape index (κ2) is 6.80. The fourth-order valence-corrected chi connectivity index (χ4v) is 4.04. The van der Waals surface area contributed by atoms with Crippen LogP contribution in [0.4, 0.5) is 0 Å². The summed E-state index contributed by atoms with van der Waals surface area (Å²) in [7, 11) is 2.07. The minimum Gasteiger partial charge on any atom is -0.380 e. The van der Waals surface area contributed by atoms with Crippen LogP contribution in [0.3, 0.4) is 0 Å². The Morgan fingerprint density at radius 1 is 1.26 bits per heavy atom. The van der Waals surface area contributed by atoms with Gasteiger partial charge in [0, 0.05) is 17.6 Å². The number of hydrogen-bond acceptors (Lipinski definition) is 3. The number of likely N-dealkylation sites (tertiary alicyclic amines) is 1. The molecule has 0 radical (unpaired) electrons. The monoisotopic (exact) mass is 336 g/mol. The van der Waals surface area contributed by atoms with Gasteiger partial charge in [-0.15, -0.1) is 0 Å². The Morgan fingerprint density at radius 2 is 1.91 bits per heavy atom. The number of carbonyl (C=O) groups excluding carboxylic acids is 1. The van der Waals surface area contributed by atoms with Crippen LogP contribution in [0.15, 0.2) is 24.3 Å². The van der Waals surface area contributed by atoms with Crippen molar-refractivity contribution in [2.75, 3.05) is 13.6 Å². The van der Waals surface area contributed by atoms with E-state index in [-0.39, 0.29) is 18.0 Å². The Hall–Kier alpha value is -1.10. The van der Waals surface area contributed by atoms with Crippen LogP contribution in [-0.2, 0) is 4.79 Å². The van der Waals surface area contributed by atoms with Crippen molar-refractivity contribution in [1.29, 1.82) is 0 Å². The number of nitrogens with zero attached hydrogens (tertiary/aromatic N) is 1. The van der Waals surface area contributed by atoms with Crippen molar-refractivity contribution >= 4 is 17.5 Å². The van der Waals surface area contributed by atoms with Crippen molar-refractivity contribution in [3.8, 4) is 0 Å². The van der Waals surface area contributed by atoms with Crippen LogP contribution in [0.1, 0.15) is 50.1 Å². The van der Waals surface area contributed by atoms with Crippen LogP contribution < -0.4 is 5.32 Å². The van der Waals surface area contributed by atoms with Crippen molar-refractivity contribution in [3.05, 3.63) is 34.9 Å². The Balaban J connectivity index is 1.73. The maximum atomic E-state index is 12.6. The van der Waals surface area contributed by atoms with Crippen molar-refractivity contribution < 1.29 is 9.90 Å². The molecule has 5 heteroatoms. The van der Waals surface area contributed by atoms with Gasteiger partial charge in [0.2, 0.25) is 0 Å². The normalized spacial score (nSPS) is 27.8. The van der Waals surface area contributed by atoms with Gasteiger partial charge in [0.15, 0.2) is 0 Å². The summed E-state index contributed by atoms with van der Waals surface area (Å²) in [5.41, 5.74) is -0.0282. The van der Waals surface area contributed by atoms with Crippen LogP contribution in [-0.4, -0.2) is 41.1 Å². The van der Waals surface area contributed by atoms with Gasteiger partial charge in [-0.1, -0.05) is 43.0 Å². The molecule has 1 saturated carbocycles. The molecule has 1 amide bonds. The molecule has 2 aliphatic rings. The highest BCUT2D eigenvalue weighted by atomic mass is 35.5. The number of likely N-dealkylation sites (N-methyl/N-ethyl adjacent to an activating group) is 1. The molecule has 1 aromatic rings. The molecule has 2 unspecified atom stereocenters. The van der Waals surface area contributed by atoms with Gasteiger partial charge in [0.1, 0.15) is 5.60 Å². The SMILES string of the molecule is CN1CCC(NC(=O)C2(O)CCCCC2)C1c1ccc(Cl)cc1. The fourth-order valence-electron chi connectivity index (χ4n) is 3.91. The third kappa shape index (κ3) is 3.54. The van der Waals surface area contributed by atoms with E-state index in [0.717, 1.165) is 37.8 Å². The van der Waals surface area contributed by atoms with Crippen molar-refractivity contribution in [2.45, 2.75) is 56.2 Å². The molecule has 1 aromatic carbocycles. The number of rotatable bonds is 3. The first-order valence-electron chi connectivity index (χ1n) is 8.49. The zero-order valence-electron chi connectivity index (χ0n) is 13.6. The maximum Gasteiger partial charge on any atom is 0.252 e. The number of benzene rings is 1. The average molecular weight is 337 g/mol. The summed E-state index contributed by atoms with van der Waals surface area (Å²) >= 11 is 5.98. The van der Waals surface area contributed by atoms with Gasteiger partial charge in [0.25, 0.3) is 5.91 Å². The molecule has 126 valence electrons. The molecule has 1 heterocycles. The summed E-state index contributed by atoms with van der Waals surface area (Å²) in [5.74, 6) is -0.198. The molecular weight excluding hydrogens is 312 g/mol. The van der Waals surface area contributed by atoms with E-state index in [1.165, 1.54) is 0 Å². The lowest BCUT2D eigenvalue weighted by atomic mass is 9.84. The van der Waals surface area contributed by atoms with E-state index in [0.29, 0.717) is 17.9 Å². The van der Waals surface area contributed by atoms with Gasteiger partial charge < -0.3 is 10.4 Å². The maximum absolute atomic E-state index is 12.6. The van der Waals surface area contributed by atoms with Crippen molar-refractivity contribution in [3.63, 3.8) is 0 Å². The van der Waals surface area contributed by atoms with E-state index in [4.69, 9.17) is 11.6 Å². The van der Waals surface area contributed by atoms with Crippen LogP contribution in [0.5, 0.6) is 0 Å². The first-order valence-corrected chi connectivity index (χ1v) is 8.86. The van der Waals surface area contributed by atoms with E-state index < -0.39 is 5.60 Å². The van der Waals surface area contributed by atoms with Gasteiger partial charge in [-0.05, 0) is 44.0 Å². The van der Waals surface area contributed by atoms with Crippen molar-refractivity contribution in [1.82, 2.24) is 10.2 Å². The van der Waals surface area contributed by atoms with Gasteiger partial charge in [-0.25, -0.2) is 0 Å². The predicted molar refractivity (Wildman–Crippen MR) is 91.4 cm³/mol. The summed E-state index contributed by atoms with van der Waals surface area (Å²) in [5, 5.41) is 14.4. The molecule has 1 aliphatic heterocycles. The minimum absolute atomic E-state index is 0.0274. The molecule has 23 heavy (non-hydrogen) atoms. The zero-order chi connectivity index (χ0) is 16.4. The lowest BCUT2D eigenvalue weighted by molar-refractivity contribution is -0.144. The van der Waals surface area contributed by atoms with Gasteiger partial charge in [-0.2, -0.15) is 0 Å². The third-order valence-corrected chi connectivity index (χ3v) is 5.53. The molecule has 3 rings (SSSR count). The number of aliphatic hydroxyl groups is 1. The minimum atomic E-state index is -1.18. The molecule has 0 bridgehead atoms. The molecule has 0 spiro atoms. The topological polar surface area (TPSA) is 52.6 Å². The Labute approximate surface area is 142 Å². The van der Waals surface area contributed by atoms with E-state index in [1.54, 1.807) is 0 Å². The lowest BCUT2D eigenvalue weighted by Crippen LogP contribution is -2.52. The number of hydrogen-bond donors (Lipinski definition) is 2. The molecule has 2 atom stereocenters. The van der Waals surface area contributed by atoms with Crippen LogP contribution in [0, 0.1) is 0 Å². The summed E-state index contributed by atoms with van der Waals surface area (Å²) in [6.07, 6.45) is 5.00. The molecule has 2 N–H and O–H groups in total. The first kappa shape index (κ1) is 16.7. The third-order valence-electron chi connectivity index (χ3n) is 5.28. The molecule has 1 aliphatic carbocycles. The van der Waals surface area contributed by atoms with E-state index in [1.807, 2.05) is 24.3 Å². The molecule has 2 fully saturated rings. The zero-order valence-corrected chi connectivity index (χ0v) is 14.4. The first-order chi connectivity index (χ1) is 11.0.